The van der Waals surface area contributed by atoms with Crippen molar-refractivity contribution < 1.29 is 17.2 Å². The molecule has 3 aromatic rings. The Morgan fingerprint density at radius 2 is 1.88 bits per heavy atom. The van der Waals surface area contributed by atoms with Crippen molar-refractivity contribution in [2.45, 2.75) is 71.6 Å². The number of rotatable bonds is 8. The maximum atomic E-state index is 14.2. The Morgan fingerprint density at radius 3 is 2.52 bits per heavy atom. The van der Waals surface area contributed by atoms with Crippen LogP contribution in [0.4, 0.5) is 10.1 Å². The van der Waals surface area contributed by atoms with E-state index in [0.717, 1.165) is 47.2 Å². The van der Waals surface area contributed by atoms with Gasteiger partial charge in [-0.2, -0.15) is 12.7 Å². The van der Waals surface area contributed by atoms with Gasteiger partial charge >= 0.3 is 10.2 Å². The number of H-pyrrole nitrogens is 1. The van der Waals surface area contributed by atoms with Crippen molar-refractivity contribution >= 4 is 41.4 Å². The predicted molar refractivity (Wildman–Crippen MR) is 172 cm³/mol. The topological polar surface area (TPSA) is 68.9 Å². The molecule has 2 aliphatic rings. The zero-order chi connectivity index (χ0) is 30.4. The molecule has 0 fully saturated rings. The number of aromatic nitrogens is 1. The lowest BCUT2D eigenvalue weighted by Gasteiger charge is -2.45. The maximum absolute atomic E-state index is 14.2. The van der Waals surface area contributed by atoms with E-state index in [0.29, 0.717) is 19.7 Å². The molecule has 1 unspecified atom stereocenters. The van der Waals surface area contributed by atoms with Crippen LogP contribution < -0.4 is 4.31 Å². The zero-order valence-corrected chi connectivity index (χ0v) is 27.7. The number of anilines is 1. The van der Waals surface area contributed by atoms with E-state index in [4.69, 9.17) is 4.43 Å². The van der Waals surface area contributed by atoms with Crippen LogP contribution in [0.15, 0.2) is 48.7 Å². The molecule has 227 valence electrons. The van der Waals surface area contributed by atoms with Gasteiger partial charge < -0.3 is 9.41 Å². The lowest BCUT2D eigenvalue weighted by Crippen LogP contribution is -2.55. The van der Waals surface area contributed by atoms with E-state index in [1.54, 1.807) is 8.61 Å². The summed E-state index contributed by atoms with van der Waals surface area (Å²) in [5.74, 6) is -0.250. The van der Waals surface area contributed by atoms with Crippen molar-refractivity contribution in [1.29, 1.82) is 0 Å². The molecular formula is C32H44FN4O3SSi. The van der Waals surface area contributed by atoms with Gasteiger partial charge in [0, 0.05) is 54.9 Å². The Balaban J connectivity index is 1.41. The molecule has 0 bridgehead atoms. The SMILES string of the molecule is CC(C)N1C(CO[Si](C)C)c2cc(C(C)(C)C)ccc2N(CCN2CC=C(c3c[nH]c4cc(F)ccc34)CC2)S1(=O)=O. The summed E-state index contributed by atoms with van der Waals surface area (Å²) < 4.78 is 51.5. The number of hydrogen-bond acceptors (Lipinski definition) is 4. The highest BCUT2D eigenvalue weighted by Crippen LogP contribution is 2.43. The van der Waals surface area contributed by atoms with Crippen LogP contribution in [0.5, 0.6) is 0 Å². The molecule has 0 aliphatic carbocycles. The summed E-state index contributed by atoms with van der Waals surface area (Å²) in [6.45, 7) is 17.5. The molecule has 3 heterocycles. The van der Waals surface area contributed by atoms with Crippen LogP contribution in [0.3, 0.4) is 0 Å². The van der Waals surface area contributed by atoms with Crippen LogP contribution >= 0.6 is 0 Å². The molecule has 1 aromatic heterocycles. The third-order valence-corrected chi connectivity index (χ3v) is 11.2. The third kappa shape index (κ3) is 6.10. The first-order valence-corrected chi connectivity index (χ1v) is 18.6. The highest BCUT2D eigenvalue weighted by atomic mass is 32.2. The lowest BCUT2D eigenvalue weighted by molar-refractivity contribution is 0.181. The largest absolute Gasteiger partial charge is 0.415 e. The first-order valence-electron chi connectivity index (χ1n) is 14.8. The molecular weight excluding hydrogens is 568 g/mol. The highest BCUT2D eigenvalue weighted by Gasteiger charge is 2.45. The fourth-order valence-electron chi connectivity index (χ4n) is 6.08. The fourth-order valence-corrected chi connectivity index (χ4v) is 8.55. The van der Waals surface area contributed by atoms with Gasteiger partial charge in [0.25, 0.3) is 0 Å². The fraction of sp³-hybridized carbons (Fsp3) is 0.500. The second kappa shape index (κ2) is 11.9. The summed E-state index contributed by atoms with van der Waals surface area (Å²) in [6.07, 6.45) is 5.01. The van der Waals surface area contributed by atoms with Crippen LogP contribution in [0.25, 0.3) is 16.5 Å². The first kappa shape index (κ1) is 30.9. The quantitative estimate of drug-likeness (QED) is 0.296. The second-order valence-corrected chi connectivity index (χ2v) is 16.8. The van der Waals surface area contributed by atoms with E-state index in [1.165, 1.54) is 23.3 Å². The number of hydrogen-bond donors (Lipinski definition) is 1. The Hall–Kier alpha value is -2.50. The van der Waals surface area contributed by atoms with Crippen LogP contribution in [-0.2, 0) is 20.1 Å². The Kier molecular flexibility index (Phi) is 8.75. The van der Waals surface area contributed by atoms with Gasteiger partial charge in [0.2, 0.25) is 9.04 Å². The third-order valence-electron chi connectivity index (χ3n) is 8.31. The molecule has 2 aliphatic heterocycles. The molecule has 7 nitrogen and oxygen atoms in total. The average molecular weight is 612 g/mol. The van der Waals surface area contributed by atoms with Crippen molar-refractivity contribution in [1.82, 2.24) is 14.2 Å². The molecule has 1 atom stereocenters. The molecule has 0 spiro atoms. The molecule has 1 N–H and O–H groups in total. The predicted octanol–water partition coefficient (Wildman–Crippen LogP) is 6.48. The summed E-state index contributed by atoms with van der Waals surface area (Å²) in [6, 6.07) is 10.5. The van der Waals surface area contributed by atoms with Gasteiger partial charge in [-0.3, -0.25) is 9.21 Å². The molecule has 10 heteroatoms. The first-order chi connectivity index (χ1) is 19.8. The number of benzene rings is 2. The van der Waals surface area contributed by atoms with Gasteiger partial charge in [-0.1, -0.05) is 39.0 Å². The normalized spacial score (nSPS) is 20.0. The Labute approximate surface area is 252 Å². The summed E-state index contributed by atoms with van der Waals surface area (Å²) in [4.78, 5) is 5.49. The van der Waals surface area contributed by atoms with Crippen molar-refractivity contribution in [2.24, 2.45) is 0 Å². The van der Waals surface area contributed by atoms with Crippen LogP contribution in [0.2, 0.25) is 13.1 Å². The van der Waals surface area contributed by atoms with Crippen LogP contribution in [-0.4, -0.2) is 70.5 Å². The maximum Gasteiger partial charge on any atom is 0.305 e. The average Bonchev–Trinajstić information content (AvgIpc) is 3.33. The van der Waals surface area contributed by atoms with E-state index in [9.17, 15) is 12.8 Å². The molecule has 1 radical (unpaired) electrons. The minimum Gasteiger partial charge on any atom is -0.415 e. The molecule has 5 rings (SSSR count). The smallest absolute Gasteiger partial charge is 0.305 e. The van der Waals surface area contributed by atoms with Gasteiger partial charge in [-0.25, -0.2) is 4.39 Å². The number of aromatic amines is 1. The van der Waals surface area contributed by atoms with Gasteiger partial charge in [0.05, 0.1) is 18.3 Å². The van der Waals surface area contributed by atoms with E-state index in [1.807, 2.05) is 32.2 Å². The van der Waals surface area contributed by atoms with Gasteiger partial charge in [-0.05, 0) is 79.7 Å². The van der Waals surface area contributed by atoms with Crippen molar-refractivity contribution in [3.05, 3.63) is 71.2 Å². The Bertz CT molecular complexity index is 1580. The minimum atomic E-state index is -3.78. The van der Waals surface area contributed by atoms with Crippen LogP contribution in [0.1, 0.15) is 63.8 Å². The standard InChI is InChI=1S/C32H44FN4O3SSi/c1-22(2)37-31(21-40-42(6)7)27-18-24(32(3,4)5)8-11-30(27)36(41(37,38)39)17-16-35-14-12-23(13-15-35)28-20-34-29-19-25(33)9-10-26(28)29/h8-12,18-20,22,31,34H,13-17,21H2,1-7H3. The number of fused-ring (bicyclic) bond motifs is 2. The molecule has 0 saturated carbocycles. The molecule has 0 saturated heterocycles. The van der Waals surface area contributed by atoms with E-state index >= 15 is 0 Å². The summed E-state index contributed by atoms with van der Waals surface area (Å²) >= 11 is 0. The Morgan fingerprint density at radius 1 is 1.12 bits per heavy atom. The molecule has 0 amide bonds. The number of halogens is 1. The van der Waals surface area contributed by atoms with Gasteiger partial charge in [0.1, 0.15) is 5.82 Å². The molecule has 42 heavy (non-hydrogen) atoms. The monoisotopic (exact) mass is 611 g/mol. The minimum absolute atomic E-state index is 0.0640. The van der Waals surface area contributed by atoms with E-state index in [-0.39, 0.29) is 23.3 Å². The summed E-state index contributed by atoms with van der Waals surface area (Å²) in [7, 11) is -4.77. The number of nitrogens with zero attached hydrogens (tertiary/aromatic N) is 3. The van der Waals surface area contributed by atoms with Gasteiger partial charge in [-0.15, -0.1) is 0 Å². The van der Waals surface area contributed by atoms with Crippen molar-refractivity contribution in [2.75, 3.05) is 37.1 Å². The van der Waals surface area contributed by atoms with Crippen molar-refractivity contribution in [3.63, 3.8) is 0 Å². The van der Waals surface area contributed by atoms with Crippen LogP contribution in [0, 0.1) is 5.82 Å². The number of nitrogens with one attached hydrogen (secondary N) is 1. The highest BCUT2D eigenvalue weighted by molar-refractivity contribution is 7.90. The summed E-state index contributed by atoms with van der Waals surface area (Å²) in [5, 5.41) is 1.02. The summed E-state index contributed by atoms with van der Waals surface area (Å²) in [5.41, 5.74) is 6.03. The van der Waals surface area contributed by atoms with Gasteiger partial charge in [0.15, 0.2) is 0 Å². The molecule has 2 aromatic carbocycles. The van der Waals surface area contributed by atoms with E-state index in [2.05, 4.69) is 62.0 Å². The second-order valence-electron chi connectivity index (χ2n) is 12.9. The zero-order valence-electron chi connectivity index (χ0n) is 25.9. The lowest BCUT2D eigenvalue weighted by atomic mass is 9.85. The van der Waals surface area contributed by atoms with E-state index < -0.39 is 19.2 Å². The van der Waals surface area contributed by atoms with Crippen molar-refractivity contribution in [3.8, 4) is 0 Å².